The summed E-state index contributed by atoms with van der Waals surface area (Å²) in [6.07, 6.45) is -1.73. The van der Waals surface area contributed by atoms with Crippen molar-refractivity contribution < 1.29 is 22.7 Å². The Kier molecular flexibility index (Phi) is 4.27. The smallest absolute Gasteiger partial charge is 0.416 e. The molecule has 1 atom stereocenters. The van der Waals surface area contributed by atoms with Gasteiger partial charge in [-0.2, -0.15) is 13.2 Å². The molecule has 4 nitrogen and oxygen atoms in total. The topological polar surface area (TPSA) is 43.4 Å². The zero-order valence-corrected chi connectivity index (χ0v) is 13.1. The lowest BCUT2D eigenvalue weighted by Crippen LogP contribution is -2.12. The molecule has 1 aliphatic heterocycles. The van der Waals surface area contributed by atoms with E-state index in [1.165, 1.54) is 18.3 Å². The normalized spacial score (nSPS) is 17.6. The number of rotatable bonds is 3. The number of halogens is 4. The third-order valence-electron chi connectivity index (χ3n) is 3.08. The largest absolute Gasteiger partial charge is 0.438 e. The number of nitrogens with one attached hydrogen (secondary N) is 1. The lowest BCUT2D eigenvalue weighted by molar-refractivity contribution is -0.137. The van der Waals surface area contributed by atoms with Crippen LogP contribution in [-0.4, -0.2) is 4.98 Å². The molecule has 1 aromatic heterocycles. The Hall–Kier alpha value is -2.06. The Balaban J connectivity index is 1.70. The van der Waals surface area contributed by atoms with Gasteiger partial charge < -0.3 is 4.74 Å². The van der Waals surface area contributed by atoms with Crippen LogP contribution in [0.1, 0.15) is 17.2 Å². The van der Waals surface area contributed by atoms with Crippen molar-refractivity contribution in [3.05, 3.63) is 70.3 Å². The van der Waals surface area contributed by atoms with Crippen molar-refractivity contribution in [1.82, 2.24) is 10.5 Å². The summed E-state index contributed by atoms with van der Waals surface area (Å²) >= 11 is 3.22. The SMILES string of the molecule is FC(F)(F)c1ccc([C@@H]2C=C(Oc3ccc(Br)nc3)NO2)cc1. The molecule has 0 radical (unpaired) electrons. The number of hydroxylamine groups is 1. The molecule has 0 fully saturated rings. The molecule has 0 saturated heterocycles. The molecule has 23 heavy (non-hydrogen) atoms. The van der Waals surface area contributed by atoms with Crippen LogP contribution in [0.2, 0.25) is 0 Å². The van der Waals surface area contributed by atoms with Gasteiger partial charge in [-0.3, -0.25) is 4.84 Å². The Morgan fingerprint density at radius 2 is 1.87 bits per heavy atom. The van der Waals surface area contributed by atoms with E-state index in [9.17, 15) is 13.2 Å². The maximum absolute atomic E-state index is 12.5. The van der Waals surface area contributed by atoms with Crippen molar-refractivity contribution in [2.24, 2.45) is 0 Å². The van der Waals surface area contributed by atoms with Crippen LogP contribution in [0.3, 0.4) is 0 Å². The molecular formula is C15H10BrF3N2O2. The molecule has 120 valence electrons. The van der Waals surface area contributed by atoms with Gasteiger partial charge in [-0.15, -0.1) is 0 Å². The van der Waals surface area contributed by atoms with Crippen LogP contribution in [-0.2, 0) is 11.0 Å². The first kappa shape index (κ1) is 15.8. The van der Waals surface area contributed by atoms with Crippen molar-refractivity contribution >= 4 is 15.9 Å². The molecule has 8 heteroatoms. The number of aromatic nitrogens is 1. The monoisotopic (exact) mass is 386 g/mol. The van der Waals surface area contributed by atoms with Gasteiger partial charge in [-0.25, -0.2) is 10.5 Å². The van der Waals surface area contributed by atoms with Crippen LogP contribution in [0.5, 0.6) is 5.75 Å². The summed E-state index contributed by atoms with van der Waals surface area (Å²) in [5.74, 6) is 0.850. The molecule has 0 amide bonds. The van der Waals surface area contributed by atoms with Gasteiger partial charge in [0.05, 0.1) is 11.8 Å². The molecule has 1 N–H and O–H groups in total. The maximum atomic E-state index is 12.5. The Bertz CT molecular complexity index is 715. The number of hydrogen-bond acceptors (Lipinski definition) is 4. The molecule has 0 aliphatic carbocycles. The van der Waals surface area contributed by atoms with Crippen molar-refractivity contribution in [2.75, 3.05) is 0 Å². The van der Waals surface area contributed by atoms with Crippen LogP contribution >= 0.6 is 15.9 Å². The molecule has 3 rings (SSSR count). The van der Waals surface area contributed by atoms with Crippen LogP contribution in [0.25, 0.3) is 0 Å². The van der Waals surface area contributed by atoms with Crippen molar-refractivity contribution in [2.45, 2.75) is 12.3 Å². The number of alkyl halides is 3. The molecule has 2 heterocycles. The third-order valence-corrected chi connectivity index (χ3v) is 3.55. The summed E-state index contributed by atoms with van der Waals surface area (Å²) in [6.45, 7) is 0. The fourth-order valence-electron chi connectivity index (χ4n) is 1.96. The van der Waals surface area contributed by atoms with Gasteiger partial charge in [-0.05, 0) is 45.8 Å². The number of nitrogens with zero attached hydrogens (tertiary/aromatic N) is 1. The van der Waals surface area contributed by atoms with E-state index < -0.39 is 17.8 Å². The van der Waals surface area contributed by atoms with E-state index in [2.05, 4.69) is 26.4 Å². The third kappa shape index (κ3) is 3.83. The molecule has 2 aromatic rings. The first-order valence-electron chi connectivity index (χ1n) is 6.52. The van der Waals surface area contributed by atoms with E-state index >= 15 is 0 Å². The Morgan fingerprint density at radius 1 is 1.13 bits per heavy atom. The molecule has 0 unspecified atom stereocenters. The molecule has 1 aliphatic rings. The van der Waals surface area contributed by atoms with Gasteiger partial charge in [0.2, 0.25) is 5.88 Å². The van der Waals surface area contributed by atoms with E-state index in [-0.39, 0.29) is 0 Å². The second-order valence-electron chi connectivity index (χ2n) is 4.71. The van der Waals surface area contributed by atoms with Gasteiger partial charge in [-0.1, -0.05) is 12.1 Å². The van der Waals surface area contributed by atoms with E-state index in [0.29, 0.717) is 21.8 Å². The Labute approximate surface area is 138 Å². The minimum absolute atomic E-state index is 0.346. The van der Waals surface area contributed by atoms with Crippen LogP contribution in [0, 0.1) is 0 Å². The van der Waals surface area contributed by atoms with E-state index in [1.54, 1.807) is 18.2 Å². The van der Waals surface area contributed by atoms with Gasteiger partial charge >= 0.3 is 6.18 Å². The fourth-order valence-corrected chi connectivity index (χ4v) is 2.19. The quantitative estimate of drug-likeness (QED) is 0.795. The standard InChI is InChI=1S/C15H10BrF3N2O2/c16-13-6-5-11(8-20-13)22-14-7-12(23-21-14)9-1-3-10(4-2-9)15(17,18)19/h1-8,12,21H/t12-/m0/s1. The van der Waals surface area contributed by atoms with E-state index in [0.717, 1.165) is 12.1 Å². The van der Waals surface area contributed by atoms with Crippen molar-refractivity contribution in [3.8, 4) is 5.75 Å². The lowest BCUT2D eigenvalue weighted by Gasteiger charge is -2.10. The number of ether oxygens (including phenoxy) is 1. The zero-order valence-electron chi connectivity index (χ0n) is 11.5. The zero-order chi connectivity index (χ0) is 16.4. The van der Waals surface area contributed by atoms with Crippen LogP contribution in [0.15, 0.2) is 59.2 Å². The van der Waals surface area contributed by atoms with Crippen molar-refractivity contribution in [1.29, 1.82) is 0 Å². The number of benzene rings is 1. The van der Waals surface area contributed by atoms with Gasteiger partial charge in [0, 0.05) is 6.08 Å². The molecule has 0 spiro atoms. The summed E-state index contributed by atoms with van der Waals surface area (Å²) in [5, 5.41) is 0. The maximum Gasteiger partial charge on any atom is 0.416 e. The number of pyridine rings is 1. The summed E-state index contributed by atoms with van der Waals surface area (Å²) in [4.78, 5) is 9.31. The molecule has 0 saturated carbocycles. The summed E-state index contributed by atoms with van der Waals surface area (Å²) in [5.41, 5.74) is 2.47. The summed E-state index contributed by atoms with van der Waals surface area (Å²) in [7, 11) is 0. The second kappa shape index (κ2) is 6.21. The number of hydrogen-bond donors (Lipinski definition) is 1. The van der Waals surface area contributed by atoms with E-state index in [4.69, 9.17) is 9.57 Å². The highest BCUT2D eigenvalue weighted by Gasteiger charge is 2.30. The highest BCUT2D eigenvalue weighted by molar-refractivity contribution is 9.10. The predicted octanol–water partition coefficient (Wildman–Crippen LogP) is 4.36. The highest BCUT2D eigenvalue weighted by Crippen LogP contribution is 2.31. The molecular weight excluding hydrogens is 377 g/mol. The average Bonchev–Trinajstić information content (AvgIpc) is 2.97. The first-order chi connectivity index (χ1) is 10.9. The lowest BCUT2D eigenvalue weighted by atomic mass is 10.1. The Morgan fingerprint density at radius 3 is 2.48 bits per heavy atom. The van der Waals surface area contributed by atoms with Crippen molar-refractivity contribution in [3.63, 3.8) is 0 Å². The van der Waals surface area contributed by atoms with Crippen LogP contribution < -0.4 is 10.2 Å². The molecule has 0 bridgehead atoms. The minimum Gasteiger partial charge on any atom is -0.438 e. The molecule has 1 aromatic carbocycles. The average molecular weight is 387 g/mol. The first-order valence-corrected chi connectivity index (χ1v) is 7.31. The van der Waals surface area contributed by atoms with Gasteiger partial charge in [0.25, 0.3) is 0 Å². The van der Waals surface area contributed by atoms with Gasteiger partial charge in [0.1, 0.15) is 16.5 Å². The summed E-state index contributed by atoms with van der Waals surface area (Å²) < 4.78 is 43.8. The van der Waals surface area contributed by atoms with E-state index in [1.807, 2.05) is 0 Å². The fraction of sp³-hybridized carbons (Fsp3) is 0.133. The van der Waals surface area contributed by atoms with Crippen LogP contribution in [0.4, 0.5) is 13.2 Å². The predicted molar refractivity (Wildman–Crippen MR) is 79.1 cm³/mol. The minimum atomic E-state index is -4.36. The highest BCUT2D eigenvalue weighted by atomic mass is 79.9. The summed E-state index contributed by atoms with van der Waals surface area (Å²) in [6, 6.07) is 8.21. The second-order valence-corrected chi connectivity index (χ2v) is 5.52. The van der Waals surface area contributed by atoms with Gasteiger partial charge in [0.15, 0.2) is 0 Å².